The van der Waals surface area contributed by atoms with Gasteiger partial charge in [-0.05, 0) is 40.7 Å². The fraction of sp³-hybridized carbons (Fsp3) is 0.212. The summed E-state index contributed by atoms with van der Waals surface area (Å²) in [6.45, 7) is -0.413. The summed E-state index contributed by atoms with van der Waals surface area (Å²) >= 11 is 0. The van der Waals surface area contributed by atoms with Gasteiger partial charge in [-0.3, -0.25) is 18.7 Å². The SMILES string of the molecule is O=C(OCc1ccccc1)C(Cc1ccc(CP(=O)(O)O)cc1)(Cc1ccc(C(F)(F)P(=O)(O)O)cc1)C(=O)OCc1ccccc1. The number of rotatable bonds is 14. The Morgan fingerprint density at radius 3 is 1.34 bits per heavy atom. The Bertz CT molecular complexity index is 1700. The van der Waals surface area contributed by atoms with Gasteiger partial charge in [0.05, 0.1) is 6.16 Å². The van der Waals surface area contributed by atoms with E-state index in [1.807, 2.05) is 0 Å². The van der Waals surface area contributed by atoms with E-state index >= 15 is 0 Å². The lowest BCUT2D eigenvalue weighted by atomic mass is 9.76. The molecule has 0 aliphatic heterocycles. The average Bonchev–Trinajstić information content (AvgIpc) is 3.03. The van der Waals surface area contributed by atoms with Gasteiger partial charge in [-0.15, -0.1) is 0 Å². The minimum absolute atomic E-state index is 0.182. The minimum atomic E-state index is -5.85. The lowest BCUT2D eigenvalue weighted by Crippen LogP contribution is -2.45. The van der Waals surface area contributed by atoms with Crippen LogP contribution in [-0.4, -0.2) is 31.5 Å². The van der Waals surface area contributed by atoms with E-state index in [1.54, 1.807) is 60.7 Å². The number of benzene rings is 4. The molecule has 4 rings (SSSR count). The molecule has 0 atom stereocenters. The molecule has 0 unspecified atom stereocenters. The predicted molar refractivity (Wildman–Crippen MR) is 167 cm³/mol. The topological polar surface area (TPSA) is 168 Å². The average molecular weight is 689 g/mol. The monoisotopic (exact) mass is 688 g/mol. The zero-order chi connectivity index (χ0) is 34.3. The molecule has 10 nitrogen and oxygen atoms in total. The lowest BCUT2D eigenvalue weighted by molar-refractivity contribution is -0.174. The third kappa shape index (κ3) is 9.51. The number of halogens is 2. The van der Waals surface area contributed by atoms with Crippen LogP contribution in [0.5, 0.6) is 0 Å². The highest BCUT2D eigenvalue weighted by Gasteiger charge is 2.51. The maximum Gasteiger partial charge on any atom is 0.399 e. The maximum atomic E-state index is 14.4. The molecule has 0 heterocycles. The van der Waals surface area contributed by atoms with E-state index in [0.29, 0.717) is 22.3 Å². The highest BCUT2D eigenvalue weighted by atomic mass is 31.2. The molecule has 4 N–H and O–H groups in total. The van der Waals surface area contributed by atoms with Gasteiger partial charge in [0.25, 0.3) is 0 Å². The maximum absolute atomic E-state index is 14.4. The molecular formula is C33H32F2O10P2. The van der Waals surface area contributed by atoms with Crippen molar-refractivity contribution in [1.82, 2.24) is 0 Å². The standard InChI is InChI=1S/C33H32F2O10P2/c34-33(35,47(41,42)43)29-17-15-25(16-18-29)20-32(30(36)44-21-26-7-3-1-4-8-26,31(37)45-22-27-9-5-2-6-10-27)19-24-11-13-28(14-12-24)23-46(38,39)40/h1-18H,19-23H2,(H2,38,39,40)(H2,41,42,43). The van der Waals surface area contributed by atoms with Crippen molar-refractivity contribution in [2.75, 3.05) is 0 Å². The molecule has 0 saturated carbocycles. The van der Waals surface area contributed by atoms with Crippen LogP contribution in [0.1, 0.15) is 33.4 Å². The molecule has 0 fully saturated rings. The predicted octanol–water partition coefficient (Wildman–Crippen LogP) is 5.85. The summed E-state index contributed by atoms with van der Waals surface area (Å²) in [5.41, 5.74) is -5.38. The van der Waals surface area contributed by atoms with Gasteiger partial charge in [-0.25, -0.2) is 0 Å². The van der Waals surface area contributed by atoms with E-state index < -0.39 is 56.4 Å². The molecule has 0 aromatic heterocycles. The van der Waals surface area contributed by atoms with E-state index in [9.17, 15) is 37.3 Å². The van der Waals surface area contributed by atoms with Crippen LogP contribution in [0.25, 0.3) is 0 Å². The van der Waals surface area contributed by atoms with Crippen molar-refractivity contribution in [2.45, 2.75) is 37.9 Å². The van der Waals surface area contributed by atoms with Crippen LogP contribution >= 0.6 is 15.2 Å². The van der Waals surface area contributed by atoms with E-state index in [2.05, 4.69) is 0 Å². The fourth-order valence-corrected chi connectivity index (χ4v) is 6.02. The molecule has 4 aromatic carbocycles. The second-order valence-electron chi connectivity index (χ2n) is 11.0. The highest BCUT2D eigenvalue weighted by molar-refractivity contribution is 7.52. The number of ether oxygens (including phenoxy) is 2. The van der Waals surface area contributed by atoms with Gasteiger partial charge in [-0.1, -0.05) is 109 Å². The summed E-state index contributed by atoms with van der Waals surface area (Å²) in [5.74, 6) is -1.97. The summed E-state index contributed by atoms with van der Waals surface area (Å²) < 4.78 is 63.0. The molecule has 248 valence electrons. The summed E-state index contributed by atoms with van der Waals surface area (Å²) in [6, 6.07) is 27.1. The molecule has 47 heavy (non-hydrogen) atoms. The van der Waals surface area contributed by atoms with Crippen molar-refractivity contribution in [3.05, 3.63) is 143 Å². The molecule has 0 spiro atoms. The molecule has 0 radical (unpaired) electrons. The van der Waals surface area contributed by atoms with Crippen LogP contribution in [0.4, 0.5) is 8.78 Å². The van der Waals surface area contributed by atoms with Crippen LogP contribution < -0.4 is 0 Å². The molecule has 0 bridgehead atoms. The van der Waals surface area contributed by atoms with Crippen LogP contribution in [0.15, 0.2) is 109 Å². The summed E-state index contributed by atoms with van der Waals surface area (Å²) in [5, 5.41) is 0. The van der Waals surface area contributed by atoms with E-state index in [1.165, 1.54) is 24.3 Å². The summed E-state index contributed by atoms with van der Waals surface area (Å²) in [4.78, 5) is 65.1. The first-order valence-corrected chi connectivity index (χ1v) is 17.6. The van der Waals surface area contributed by atoms with Crippen molar-refractivity contribution in [2.24, 2.45) is 5.41 Å². The van der Waals surface area contributed by atoms with Crippen molar-refractivity contribution in [3.63, 3.8) is 0 Å². The fourth-order valence-electron chi connectivity index (χ4n) is 4.85. The van der Waals surface area contributed by atoms with Gasteiger partial charge in [0.15, 0.2) is 5.41 Å². The molecule has 14 heteroatoms. The van der Waals surface area contributed by atoms with Gasteiger partial charge in [0.2, 0.25) is 0 Å². The normalized spacial score (nSPS) is 12.4. The van der Waals surface area contributed by atoms with E-state index in [4.69, 9.17) is 19.3 Å². The quantitative estimate of drug-likeness (QED) is 0.0717. The Kier molecular flexibility index (Phi) is 11.3. The Labute approximate surface area is 269 Å². The van der Waals surface area contributed by atoms with Crippen molar-refractivity contribution in [1.29, 1.82) is 0 Å². The van der Waals surface area contributed by atoms with Gasteiger partial charge in [-0.2, -0.15) is 8.78 Å². The van der Waals surface area contributed by atoms with Gasteiger partial charge >= 0.3 is 32.8 Å². The molecule has 0 aliphatic carbocycles. The Balaban J connectivity index is 1.75. The number of hydrogen-bond acceptors (Lipinski definition) is 6. The summed E-state index contributed by atoms with van der Waals surface area (Å²) in [7, 11) is -10.2. The second-order valence-corrected chi connectivity index (χ2v) is 14.3. The Hall–Kier alpha value is -4.02. The lowest BCUT2D eigenvalue weighted by Gasteiger charge is -2.30. The summed E-state index contributed by atoms with van der Waals surface area (Å²) in [6.07, 6.45) is -1.26. The largest absolute Gasteiger partial charge is 0.460 e. The number of hydrogen-bond donors (Lipinski definition) is 4. The van der Waals surface area contributed by atoms with Crippen LogP contribution in [0.3, 0.4) is 0 Å². The van der Waals surface area contributed by atoms with Crippen LogP contribution in [-0.2, 0) is 66.1 Å². The zero-order valence-electron chi connectivity index (χ0n) is 24.8. The smallest absolute Gasteiger partial charge is 0.399 e. The molecule has 4 aromatic rings. The minimum Gasteiger partial charge on any atom is -0.460 e. The molecule has 0 aliphatic rings. The number of esters is 2. The number of alkyl halides is 2. The van der Waals surface area contributed by atoms with Gasteiger partial charge in [0.1, 0.15) is 13.2 Å². The number of carbonyl (C=O) groups excluding carboxylic acids is 2. The first-order valence-electron chi connectivity index (χ1n) is 14.2. The van der Waals surface area contributed by atoms with E-state index in [-0.39, 0.29) is 25.2 Å². The Morgan fingerprint density at radius 2 is 0.957 bits per heavy atom. The second kappa shape index (κ2) is 14.8. The Morgan fingerprint density at radius 1 is 0.574 bits per heavy atom. The first kappa shape index (κ1) is 35.8. The highest BCUT2D eigenvalue weighted by Crippen LogP contribution is 2.59. The molecule has 0 amide bonds. The van der Waals surface area contributed by atoms with Crippen LogP contribution in [0.2, 0.25) is 0 Å². The van der Waals surface area contributed by atoms with Crippen molar-refractivity contribution < 1.29 is 56.5 Å². The third-order valence-corrected chi connectivity index (χ3v) is 9.06. The van der Waals surface area contributed by atoms with Gasteiger partial charge in [0, 0.05) is 5.56 Å². The van der Waals surface area contributed by atoms with Crippen molar-refractivity contribution in [3.8, 4) is 0 Å². The van der Waals surface area contributed by atoms with Crippen molar-refractivity contribution >= 4 is 27.1 Å². The van der Waals surface area contributed by atoms with Crippen LogP contribution in [0, 0.1) is 5.41 Å². The van der Waals surface area contributed by atoms with Gasteiger partial charge < -0.3 is 29.0 Å². The molecule has 0 saturated heterocycles. The van der Waals surface area contributed by atoms with E-state index in [0.717, 1.165) is 24.3 Å². The third-order valence-electron chi connectivity index (χ3n) is 7.30. The number of carbonyl (C=O) groups is 2. The first-order chi connectivity index (χ1) is 22.1. The zero-order valence-corrected chi connectivity index (χ0v) is 26.6. The molecular weight excluding hydrogens is 656 g/mol.